The van der Waals surface area contributed by atoms with Crippen molar-refractivity contribution in [2.75, 3.05) is 20.1 Å². The molecule has 1 atom stereocenters. The van der Waals surface area contributed by atoms with Gasteiger partial charge < -0.3 is 15.1 Å². The number of carbonyl (C=O) groups is 2. The molecular weight excluding hydrogens is 344 g/mol. The van der Waals surface area contributed by atoms with E-state index >= 15 is 0 Å². The van der Waals surface area contributed by atoms with Crippen LogP contribution < -0.4 is 5.32 Å². The van der Waals surface area contributed by atoms with Crippen molar-refractivity contribution in [1.29, 1.82) is 0 Å². The summed E-state index contributed by atoms with van der Waals surface area (Å²) in [5, 5.41) is 7.04. The van der Waals surface area contributed by atoms with Gasteiger partial charge in [-0.2, -0.15) is 5.10 Å². The van der Waals surface area contributed by atoms with Crippen molar-refractivity contribution in [3.05, 3.63) is 42.5 Å². The fourth-order valence-electron chi connectivity index (χ4n) is 3.22. The third kappa shape index (κ3) is 4.45. The summed E-state index contributed by atoms with van der Waals surface area (Å²) in [4.78, 5) is 32.5. The van der Waals surface area contributed by atoms with E-state index in [1.165, 1.54) is 6.33 Å². The number of hydrogen-bond acceptors (Lipinski definition) is 4. The van der Waals surface area contributed by atoms with Crippen LogP contribution in [-0.4, -0.2) is 62.7 Å². The molecule has 1 fully saturated rings. The van der Waals surface area contributed by atoms with Gasteiger partial charge >= 0.3 is 6.03 Å². The number of likely N-dealkylation sites (N-methyl/N-ethyl adjacent to an activating group) is 1. The first kappa shape index (κ1) is 18.9. The predicted molar refractivity (Wildman–Crippen MR) is 101 cm³/mol. The van der Waals surface area contributed by atoms with Gasteiger partial charge in [-0.1, -0.05) is 31.9 Å². The van der Waals surface area contributed by atoms with Crippen molar-refractivity contribution in [1.82, 2.24) is 29.9 Å². The minimum atomic E-state index is -0.363. The van der Waals surface area contributed by atoms with Crippen molar-refractivity contribution >= 4 is 11.9 Å². The highest BCUT2D eigenvalue weighted by molar-refractivity contribution is 5.88. The van der Waals surface area contributed by atoms with E-state index < -0.39 is 0 Å². The smallest absolute Gasteiger partial charge is 0.318 e. The molecule has 0 bridgehead atoms. The predicted octanol–water partition coefficient (Wildman–Crippen LogP) is 1.81. The van der Waals surface area contributed by atoms with Crippen LogP contribution in [0.5, 0.6) is 0 Å². The van der Waals surface area contributed by atoms with E-state index in [1.54, 1.807) is 27.9 Å². The maximum atomic E-state index is 12.7. The average molecular weight is 370 g/mol. The van der Waals surface area contributed by atoms with E-state index in [1.807, 2.05) is 24.3 Å². The molecule has 3 amide bonds. The largest absolute Gasteiger partial charge is 0.342 e. The molecule has 1 N–H and O–H groups in total. The van der Waals surface area contributed by atoms with Gasteiger partial charge in [0.2, 0.25) is 5.91 Å². The molecule has 27 heavy (non-hydrogen) atoms. The van der Waals surface area contributed by atoms with Crippen LogP contribution in [0.3, 0.4) is 0 Å². The first-order chi connectivity index (χ1) is 13.1. The monoisotopic (exact) mass is 370 g/mol. The van der Waals surface area contributed by atoms with E-state index in [4.69, 9.17) is 0 Å². The van der Waals surface area contributed by atoms with E-state index in [2.05, 4.69) is 22.3 Å². The lowest BCUT2D eigenvalue weighted by Gasteiger charge is -2.39. The number of carbonyl (C=O) groups excluding carboxylic acids is 2. The Kier molecular flexibility index (Phi) is 6.05. The molecule has 1 aromatic heterocycles. The third-order valence-electron chi connectivity index (χ3n) is 4.87. The lowest BCUT2D eigenvalue weighted by Crippen LogP contribution is -2.59. The molecule has 8 nitrogen and oxygen atoms in total. The number of nitrogens with zero attached hydrogens (tertiary/aromatic N) is 5. The number of aromatic nitrogens is 3. The number of piperazine rings is 1. The Balaban J connectivity index is 1.59. The molecular formula is C19H26N6O2. The Morgan fingerprint density at radius 2 is 2.04 bits per heavy atom. The highest BCUT2D eigenvalue weighted by atomic mass is 16.2. The van der Waals surface area contributed by atoms with Crippen molar-refractivity contribution in [2.24, 2.45) is 0 Å². The maximum Gasteiger partial charge on any atom is 0.318 e. The van der Waals surface area contributed by atoms with Gasteiger partial charge in [-0.15, -0.1) is 0 Å². The van der Waals surface area contributed by atoms with Gasteiger partial charge in [0, 0.05) is 26.7 Å². The summed E-state index contributed by atoms with van der Waals surface area (Å²) in [6, 6.07) is 7.21. The van der Waals surface area contributed by atoms with E-state index in [-0.39, 0.29) is 18.0 Å². The number of urea groups is 1. The van der Waals surface area contributed by atoms with Gasteiger partial charge in [0.05, 0.1) is 5.69 Å². The van der Waals surface area contributed by atoms with Crippen molar-refractivity contribution in [2.45, 2.75) is 38.8 Å². The molecule has 8 heteroatoms. The Bertz CT molecular complexity index is 759. The summed E-state index contributed by atoms with van der Waals surface area (Å²) in [7, 11) is 1.80. The SMILES string of the molecule is CCCC[C@@H]1C(=O)N(C)CCN1C(=O)NCc1ccc(-n2cncn2)cc1. The quantitative estimate of drug-likeness (QED) is 0.841. The molecule has 2 heterocycles. The highest BCUT2D eigenvalue weighted by Crippen LogP contribution is 2.16. The summed E-state index contributed by atoms with van der Waals surface area (Å²) in [5.74, 6) is 0.0297. The number of amides is 3. The Labute approximate surface area is 159 Å². The zero-order valence-corrected chi connectivity index (χ0v) is 15.8. The number of hydrogen-bond donors (Lipinski definition) is 1. The lowest BCUT2D eigenvalue weighted by molar-refractivity contribution is -0.138. The van der Waals surface area contributed by atoms with Crippen molar-refractivity contribution in [3.63, 3.8) is 0 Å². The van der Waals surface area contributed by atoms with E-state index in [0.29, 0.717) is 26.1 Å². The van der Waals surface area contributed by atoms with Gasteiger partial charge in [-0.05, 0) is 24.1 Å². The normalized spacial score (nSPS) is 17.3. The van der Waals surface area contributed by atoms with Crippen LogP contribution in [-0.2, 0) is 11.3 Å². The van der Waals surface area contributed by atoms with Gasteiger partial charge in [-0.3, -0.25) is 4.79 Å². The van der Waals surface area contributed by atoms with Crippen LogP contribution in [0.2, 0.25) is 0 Å². The Hall–Kier alpha value is -2.90. The summed E-state index contributed by atoms with van der Waals surface area (Å²) in [6.07, 6.45) is 5.76. The first-order valence-electron chi connectivity index (χ1n) is 9.33. The van der Waals surface area contributed by atoms with Gasteiger partial charge in [-0.25, -0.2) is 14.5 Å². The second-order valence-electron chi connectivity index (χ2n) is 6.78. The molecule has 1 aliphatic heterocycles. The standard InChI is InChI=1S/C19H26N6O2/c1-3-4-5-17-18(26)23(2)10-11-24(17)19(27)21-12-15-6-8-16(9-7-15)25-14-20-13-22-25/h6-9,13-14,17H,3-5,10-12H2,1-2H3,(H,21,27)/t17-/m1/s1. The van der Waals surface area contributed by atoms with Crippen molar-refractivity contribution < 1.29 is 9.59 Å². The molecule has 144 valence electrons. The first-order valence-corrected chi connectivity index (χ1v) is 9.33. The zero-order valence-electron chi connectivity index (χ0n) is 15.8. The Morgan fingerprint density at radius 3 is 2.70 bits per heavy atom. The van der Waals surface area contributed by atoms with Crippen LogP contribution in [0.25, 0.3) is 5.69 Å². The summed E-state index contributed by atoms with van der Waals surface area (Å²) < 4.78 is 1.68. The maximum absolute atomic E-state index is 12.7. The minimum absolute atomic E-state index is 0.0297. The highest BCUT2D eigenvalue weighted by Gasteiger charge is 2.35. The zero-order chi connectivity index (χ0) is 19.2. The summed E-state index contributed by atoms with van der Waals surface area (Å²) in [6.45, 7) is 3.64. The average Bonchev–Trinajstić information content (AvgIpc) is 3.22. The Morgan fingerprint density at radius 1 is 1.26 bits per heavy atom. The number of nitrogens with one attached hydrogen (secondary N) is 1. The van der Waals surface area contributed by atoms with E-state index in [0.717, 1.165) is 24.1 Å². The fraction of sp³-hybridized carbons (Fsp3) is 0.474. The second kappa shape index (κ2) is 8.66. The molecule has 0 aliphatic carbocycles. The van der Waals surface area contributed by atoms with Crippen LogP contribution in [0.1, 0.15) is 31.7 Å². The van der Waals surface area contributed by atoms with Crippen molar-refractivity contribution in [3.8, 4) is 5.69 Å². The number of unbranched alkanes of at least 4 members (excludes halogenated alkanes) is 1. The fourth-order valence-corrected chi connectivity index (χ4v) is 3.22. The van der Waals surface area contributed by atoms with Crippen LogP contribution >= 0.6 is 0 Å². The molecule has 3 rings (SSSR count). The number of benzene rings is 1. The lowest BCUT2D eigenvalue weighted by atomic mass is 10.0. The molecule has 1 aromatic carbocycles. The van der Waals surface area contributed by atoms with Gasteiger partial charge in [0.15, 0.2) is 0 Å². The molecule has 1 aliphatic rings. The molecule has 0 unspecified atom stereocenters. The molecule has 2 aromatic rings. The molecule has 0 spiro atoms. The van der Waals surface area contributed by atoms with Crippen LogP contribution in [0.4, 0.5) is 4.79 Å². The molecule has 0 saturated carbocycles. The topological polar surface area (TPSA) is 83.4 Å². The van der Waals surface area contributed by atoms with Crippen LogP contribution in [0.15, 0.2) is 36.9 Å². The summed E-state index contributed by atoms with van der Waals surface area (Å²) in [5.41, 5.74) is 1.89. The third-order valence-corrected chi connectivity index (χ3v) is 4.87. The minimum Gasteiger partial charge on any atom is -0.342 e. The molecule has 1 saturated heterocycles. The van der Waals surface area contributed by atoms with Gasteiger partial charge in [0.25, 0.3) is 0 Å². The second-order valence-corrected chi connectivity index (χ2v) is 6.78. The van der Waals surface area contributed by atoms with Gasteiger partial charge in [0.1, 0.15) is 18.7 Å². The van der Waals surface area contributed by atoms with E-state index in [9.17, 15) is 9.59 Å². The molecule has 0 radical (unpaired) electrons. The summed E-state index contributed by atoms with van der Waals surface area (Å²) >= 11 is 0. The van der Waals surface area contributed by atoms with Crippen LogP contribution in [0, 0.1) is 0 Å². The number of rotatable bonds is 6.